The molecule has 9 heteroatoms. The molecule has 8 nitrogen and oxygen atoms in total. The summed E-state index contributed by atoms with van der Waals surface area (Å²) in [7, 11) is 0. The number of carboxylic acid groups (broad SMARTS) is 1. The van der Waals surface area contributed by atoms with Gasteiger partial charge in [0, 0.05) is 0 Å². The molecule has 2 aromatic rings. The topological polar surface area (TPSA) is 113 Å². The van der Waals surface area contributed by atoms with Gasteiger partial charge in [0.05, 0.1) is 40.9 Å². The number of aliphatic carboxylic acids is 1. The number of rotatable bonds is 5. The molecule has 0 saturated heterocycles. The molecular formula is C21H26ClN5O3. The molecule has 3 N–H and O–H groups in total. The van der Waals surface area contributed by atoms with Gasteiger partial charge in [0.25, 0.3) is 5.56 Å². The van der Waals surface area contributed by atoms with Gasteiger partial charge in [0.1, 0.15) is 5.02 Å². The molecule has 0 amide bonds. The Morgan fingerprint density at radius 3 is 2.63 bits per heavy atom. The van der Waals surface area contributed by atoms with Gasteiger partial charge in [-0.2, -0.15) is 10.2 Å². The summed E-state index contributed by atoms with van der Waals surface area (Å²) >= 11 is 6.52. The lowest BCUT2D eigenvalue weighted by Crippen LogP contribution is -2.59. The number of nitrogens with zero attached hydrogens (tertiary/aromatic N) is 3. The average molecular weight is 432 g/mol. The second-order valence-electron chi connectivity index (χ2n) is 9.78. The van der Waals surface area contributed by atoms with Gasteiger partial charge in [-0.1, -0.05) is 11.6 Å². The second kappa shape index (κ2) is 6.57. The molecule has 0 radical (unpaired) electrons. The van der Waals surface area contributed by atoms with Gasteiger partial charge in [-0.05, 0) is 69.6 Å². The van der Waals surface area contributed by atoms with Crippen LogP contribution in [0, 0.1) is 31.1 Å². The van der Waals surface area contributed by atoms with E-state index < -0.39 is 11.5 Å². The number of H-pyrrole nitrogens is 1. The number of nitrogens with one attached hydrogen (secondary N) is 2. The molecule has 4 fully saturated rings. The van der Waals surface area contributed by atoms with E-state index in [0.717, 1.165) is 49.2 Å². The highest BCUT2D eigenvalue weighted by Gasteiger charge is 2.59. The third-order valence-corrected chi connectivity index (χ3v) is 7.80. The molecule has 4 aliphatic rings. The summed E-state index contributed by atoms with van der Waals surface area (Å²) in [5.74, 6) is 0.148. The largest absolute Gasteiger partial charge is 0.481 e. The maximum atomic E-state index is 13.3. The Kier molecular flexibility index (Phi) is 4.29. The van der Waals surface area contributed by atoms with Crippen molar-refractivity contribution >= 4 is 28.9 Å². The Bertz CT molecular complexity index is 1060. The van der Waals surface area contributed by atoms with Crippen molar-refractivity contribution in [2.24, 2.45) is 17.3 Å². The fourth-order valence-electron chi connectivity index (χ4n) is 6.90. The first-order valence-corrected chi connectivity index (χ1v) is 10.9. The quantitative estimate of drug-likeness (QED) is 0.664. The van der Waals surface area contributed by atoms with Crippen LogP contribution in [-0.4, -0.2) is 31.1 Å². The van der Waals surface area contributed by atoms with Crippen molar-refractivity contribution in [1.29, 1.82) is 0 Å². The fourth-order valence-corrected chi connectivity index (χ4v) is 7.08. The SMILES string of the molecule is Cc1n[nH]c(C)c1Nc1cnn(C23CC4CC(CC(CC(=O)O)(C4)C2)C3)c(=O)c1Cl. The minimum absolute atomic E-state index is 0.105. The van der Waals surface area contributed by atoms with Gasteiger partial charge in [-0.25, -0.2) is 4.68 Å². The zero-order chi connectivity index (χ0) is 21.3. The third kappa shape index (κ3) is 2.95. The van der Waals surface area contributed by atoms with Crippen molar-refractivity contribution in [2.45, 2.75) is 64.3 Å². The van der Waals surface area contributed by atoms with Crippen LogP contribution < -0.4 is 10.9 Å². The number of halogens is 1. The van der Waals surface area contributed by atoms with Crippen LogP contribution in [0.4, 0.5) is 11.4 Å². The predicted molar refractivity (Wildman–Crippen MR) is 112 cm³/mol. The number of anilines is 2. The van der Waals surface area contributed by atoms with Crippen LogP contribution in [0.25, 0.3) is 0 Å². The molecule has 0 aliphatic heterocycles. The Morgan fingerprint density at radius 1 is 1.33 bits per heavy atom. The third-order valence-electron chi connectivity index (χ3n) is 7.43. The minimum Gasteiger partial charge on any atom is -0.481 e. The lowest BCUT2D eigenvalue weighted by Gasteiger charge is -2.61. The number of hydrogen-bond donors (Lipinski definition) is 3. The summed E-state index contributed by atoms with van der Waals surface area (Å²) < 4.78 is 1.57. The zero-order valence-corrected chi connectivity index (χ0v) is 17.9. The van der Waals surface area contributed by atoms with Crippen LogP contribution >= 0.6 is 11.6 Å². The van der Waals surface area contributed by atoms with Crippen LogP contribution in [-0.2, 0) is 10.3 Å². The second-order valence-corrected chi connectivity index (χ2v) is 10.2. The molecule has 30 heavy (non-hydrogen) atoms. The Hall–Kier alpha value is -2.35. The van der Waals surface area contributed by atoms with Crippen molar-refractivity contribution in [3.05, 3.63) is 33.0 Å². The summed E-state index contributed by atoms with van der Waals surface area (Å²) in [4.78, 5) is 24.9. The van der Waals surface area contributed by atoms with Crippen LogP contribution in [0.1, 0.15) is 56.3 Å². The predicted octanol–water partition coefficient (Wildman–Crippen LogP) is 3.75. The molecule has 6 rings (SSSR count). The first-order chi connectivity index (χ1) is 14.2. The van der Waals surface area contributed by atoms with E-state index in [1.807, 2.05) is 13.8 Å². The highest BCUT2D eigenvalue weighted by Crippen LogP contribution is 2.65. The van der Waals surface area contributed by atoms with Crippen molar-refractivity contribution in [3.8, 4) is 0 Å². The number of aromatic nitrogens is 4. The van der Waals surface area contributed by atoms with Crippen molar-refractivity contribution in [3.63, 3.8) is 0 Å². The average Bonchev–Trinajstić information content (AvgIpc) is 2.95. The van der Waals surface area contributed by atoms with E-state index >= 15 is 0 Å². The number of hydrogen-bond acceptors (Lipinski definition) is 5. The molecule has 2 heterocycles. The maximum Gasteiger partial charge on any atom is 0.303 e. The van der Waals surface area contributed by atoms with Crippen LogP contribution in [0.2, 0.25) is 5.02 Å². The lowest BCUT2D eigenvalue weighted by molar-refractivity contribution is -0.151. The van der Waals surface area contributed by atoms with E-state index in [9.17, 15) is 14.7 Å². The molecule has 0 spiro atoms. The molecule has 4 bridgehead atoms. The standard InChI is InChI=1S/C21H26ClN5O3/c1-11-18(12(2)26-25-11)24-15-9-23-27(19(30)17(15)22)21-6-13-3-14(7-21)5-20(4-13,10-21)8-16(28)29/h9,13-14,24H,3-8,10H2,1-2H3,(H,25,26)(H,28,29). The first-order valence-electron chi connectivity index (χ1n) is 10.5. The fraction of sp³-hybridized carbons (Fsp3) is 0.619. The molecule has 4 saturated carbocycles. The summed E-state index contributed by atoms with van der Waals surface area (Å²) in [5, 5.41) is 24.4. The number of aromatic amines is 1. The van der Waals surface area contributed by atoms with Gasteiger partial charge in [0.2, 0.25) is 0 Å². The van der Waals surface area contributed by atoms with Crippen LogP contribution in [0.5, 0.6) is 0 Å². The number of aryl methyl sites for hydroxylation is 2. The molecular weight excluding hydrogens is 406 g/mol. The van der Waals surface area contributed by atoms with E-state index in [2.05, 4.69) is 20.6 Å². The van der Waals surface area contributed by atoms with Gasteiger partial charge in [-0.3, -0.25) is 14.7 Å². The summed E-state index contributed by atoms with van der Waals surface area (Å²) in [5.41, 5.74) is 1.90. The summed E-state index contributed by atoms with van der Waals surface area (Å²) in [6, 6.07) is 0. The lowest BCUT2D eigenvalue weighted by atomic mass is 9.46. The van der Waals surface area contributed by atoms with Crippen LogP contribution in [0.15, 0.2) is 11.0 Å². The van der Waals surface area contributed by atoms with Gasteiger partial charge < -0.3 is 10.4 Å². The number of carbonyl (C=O) groups is 1. The molecule has 4 aliphatic carbocycles. The van der Waals surface area contributed by atoms with E-state index in [1.54, 1.807) is 10.9 Å². The molecule has 2 atom stereocenters. The maximum absolute atomic E-state index is 13.3. The highest BCUT2D eigenvalue weighted by molar-refractivity contribution is 6.33. The Morgan fingerprint density at radius 2 is 2.03 bits per heavy atom. The monoisotopic (exact) mass is 431 g/mol. The van der Waals surface area contributed by atoms with Crippen LogP contribution in [0.3, 0.4) is 0 Å². The first kappa shape index (κ1) is 19.6. The molecule has 2 unspecified atom stereocenters. The van der Waals surface area contributed by atoms with E-state index in [-0.39, 0.29) is 22.4 Å². The molecule has 0 aromatic carbocycles. The van der Waals surface area contributed by atoms with E-state index in [0.29, 0.717) is 23.9 Å². The Balaban J connectivity index is 1.52. The van der Waals surface area contributed by atoms with Gasteiger partial charge in [-0.15, -0.1) is 0 Å². The summed E-state index contributed by atoms with van der Waals surface area (Å²) in [6.07, 6.45) is 7.24. The summed E-state index contributed by atoms with van der Waals surface area (Å²) in [6.45, 7) is 3.76. The van der Waals surface area contributed by atoms with Crippen molar-refractivity contribution in [1.82, 2.24) is 20.0 Å². The Labute approximate surface area is 179 Å². The van der Waals surface area contributed by atoms with Crippen molar-refractivity contribution < 1.29 is 9.90 Å². The van der Waals surface area contributed by atoms with Gasteiger partial charge in [0.15, 0.2) is 0 Å². The molecule has 2 aromatic heterocycles. The minimum atomic E-state index is -0.754. The van der Waals surface area contributed by atoms with E-state index in [4.69, 9.17) is 11.6 Å². The number of carboxylic acids is 1. The van der Waals surface area contributed by atoms with Gasteiger partial charge >= 0.3 is 5.97 Å². The zero-order valence-electron chi connectivity index (χ0n) is 17.2. The normalized spacial score (nSPS) is 31.8. The smallest absolute Gasteiger partial charge is 0.303 e. The molecule has 160 valence electrons. The highest BCUT2D eigenvalue weighted by atomic mass is 35.5. The van der Waals surface area contributed by atoms with E-state index in [1.165, 1.54) is 0 Å². The van der Waals surface area contributed by atoms with Crippen molar-refractivity contribution in [2.75, 3.05) is 5.32 Å².